The molecule has 164 valence electrons. The van der Waals surface area contributed by atoms with Crippen LogP contribution in [0.4, 0.5) is 5.69 Å². The standard InChI is InChI=1S/C24H24N4O3S/c1-15(18-6-5-7-19(14-18)23(25)26)16(2)24(29)28-20-12-10-17(11-13-20)21-8-3-4-9-22(21)32(27,30)31/h3-14H,1-2H3,(H3,25,26)(H,28,29)(H2,27,30,31)/b16-15-. The molecule has 8 heteroatoms. The number of amides is 1. The lowest BCUT2D eigenvalue weighted by Crippen LogP contribution is -2.14. The second-order valence-electron chi connectivity index (χ2n) is 7.32. The van der Waals surface area contributed by atoms with Crippen LogP contribution < -0.4 is 16.2 Å². The Balaban J connectivity index is 1.83. The van der Waals surface area contributed by atoms with E-state index in [4.69, 9.17) is 16.3 Å². The molecule has 7 nitrogen and oxygen atoms in total. The molecule has 0 unspecified atom stereocenters. The van der Waals surface area contributed by atoms with Crippen molar-refractivity contribution in [3.05, 3.63) is 89.5 Å². The van der Waals surface area contributed by atoms with Crippen molar-refractivity contribution < 1.29 is 13.2 Å². The van der Waals surface area contributed by atoms with E-state index in [0.717, 1.165) is 11.1 Å². The zero-order chi connectivity index (χ0) is 23.5. The van der Waals surface area contributed by atoms with Crippen LogP contribution in [0.25, 0.3) is 16.7 Å². The van der Waals surface area contributed by atoms with Gasteiger partial charge in [-0.1, -0.05) is 48.5 Å². The predicted octanol–water partition coefficient (Wildman–Crippen LogP) is 3.72. The molecule has 0 saturated carbocycles. The van der Waals surface area contributed by atoms with E-state index in [-0.39, 0.29) is 16.6 Å². The molecule has 0 aliphatic carbocycles. The molecule has 3 rings (SSSR count). The zero-order valence-electron chi connectivity index (χ0n) is 17.7. The molecule has 0 heterocycles. The van der Waals surface area contributed by atoms with Gasteiger partial charge in [0.2, 0.25) is 10.0 Å². The van der Waals surface area contributed by atoms with Gasteiger partial charge in [0.05, 0.1) is 4.90 Å². The molecule has 0 fully saturated rings. The highest BCUT2D eigenvalue weighted by Gasteiger charge is 2.15. The maximum Gasteiger partial charge on any atom is 0.251 e. The average Bonchev–Trinajstić information content (AvgIpc) is 2.78. The van der Waals surface area contributed by atoms with Gasteiger partial charge in [0.1, 0.15) is 5.84 Å². The molecule has 0 spiro atoms. The minimum absolute atomic E-state index is 0.0362. The second-order valence-corrected chi connectivity index (χ2v) is 8.85. The number of rotatable bonds is 6. The molecular weight excluding hydrogens is 424 g/mol. The molecule has 6 N–H and O–H groups in total. The summed E-state index contributed by atoms with van der Waals surface area (Å²) in [4.78, 5) is 12.8. The van der Waals surface area contributed by atoms with E-state index in [1.165, 1.54) is 6.07 Å². The van der Waals surface area contributed by atoms with Gasteiger partial charge in [-0.05, 0) is 54.8 Å². The molecule has 3 aromatic carbocycles. The predicted molar refractivity (Wildman–Crippen MR) is 128 cm³/mol. The lowest BCUT2D eigenvalue weighted by atomic mass is 9.99. The summed E-state index contributed by atoms with van der Waals surface area (Å²) in [5.41, 5.74) is 9.96. The number of allylic oxidation sites excluding steroid dienone is 1. The Morgan fingerprint density at radius 2 is 1.53 bits per heavy atom. The van der Waals surface area contributed by atoms with Gasteiger partial charge >= 0.3 is 0 Å². The van der Waals surface area contributed by atoms with Crippen LogP contribution in [0.15, 0.2) is 83.3 Å². The number of nitrogen functional groups attached to an aromatic ring is 1. The van der Waals surface area contributed by atoms with Crippen LogP contribution in [0.1, 0.15) is 25.0 Å². The number of carbonyl (C=O) groups excluding carboxylic acids is 1. The molecule has 0 saturated heterocycles. The topological polar surface area (TPSA) is 139 Å². The summed E-state index contributed by atoms with van der Waals surface area (Å²) in [5.74, 6) is -0.306. The molecule has 1 amide bonds. The monoisotopic (exact) mass is 448 g/mol. The van der Waals surface area contributed by atoms with E-state index in [1.54, 1.807) is 67.6 Å². The fraction of sp³-hybridized carbons (Fsp3) is 0.0833. The van der Waals surface area contributed by atoms with Gasteiger partial charge in [-0.2, -0.15) is 0 Å². The van der Waals surface area contributed by atoms with Gasteiger partial charge < -0.3 is 11.1 Å². The number of sulfonamides is 1. The Morgan fingerprint density at radius 1 is 0.906 bits per heavy atom. The Hall–Kier alpha value is -3.75. The minimum Gasteiger partial charge on any atom is -0.384 e. The number of hydrogen-bond acceptors (Lipinski definition) is 4. The van der Waals surface area contributed by atoms with E-state index >= 15 is 0 Å². The van der Waals surface area contributed by atoms with Crippen LogP contribution in [0.2, 0.25) is 0 Å². The number of nitrogens with one attached hydrogen (secondary N) is 2. The quantitative estimate of drug-likeness (QED) is 0.259. The summed E-state index contributed by atoms with van der Waals surface area (Å²) >= 11 is 0. The summed E-state index contributed by atoms with van der Waals surface area (Å²) < 4.78 is 23.7. The highest BCUT2D eigenvalue weighted by Crippen LogP contribution is 2.28. The van der Waals surface area contributed by atoms with Crippen LogP contribution in [0.3, 0.4) is 0 Å². The Bertz CT molecular complexity index is 1330. The number of benzene rings is 3. The molecule has 0 aromatic heterocycles. The average molecular weight is 449 g/mol. The Labute approximate surface area is 187 Å². The molecule has 0 radical (unpaired) electrons. The maximum atomic E-state index is 12.8. The third-order valence-corrected chi connectivity index (χ3v) is 6.13. The van der Waals surface area contributed by atoms with Crippen molar-refractivity contribution in [1.82, 2.24) is 0 Å². The van der Waals surface area contributed by atoms with Gasteiger partial charge in [0.25, 0.3) is 5.91 Å². The van der Waals surface area contributed by atoms with Crippen LogP contribution in [-0.4, -0.2) is 20.2 Å². The van der Waals surface area contributed by atoms with E-state index in [2.05, 4.69) is 5.32 Å². The van der Waals surface area contributed by atoms with Crippen molar-refractivity contribution in [3.8, 4) is 11.1 Å². The number of amidine groups is 1. The van der Waals surface area contributed by atoms with Gasteiger partial charge in [0, 0.05) is 22.4 Å². The van der Waals surface area contributed by atoms with E-state index in [1.807, 2.05) is 13.0 Å². The van der Waals surface area contributed by atoms with Crippen LogP contribution in [-0.2, 0) is 14.8 Å². The lowest BCUT2D eigenvalue weighted by molar-refractivity contribution is -0.112. The lowest BCUT2D eigenvalue weighted by Gasteiger charge is -2.12. The Morgan fingerprint density at radius 3 is 2.16 bits per heavy atom. The SMILES string of the molecule is C/C(C(=O)Nc1ccc(-c2ccccc2S(N)(=O)=O)cc1)=C(\C)c1cccc(C(=N)N)c1. The van der Waals surface area contributed by atoms with Crippen LogP contribution >= 0.6 is 0 Å². The van der Waals surface area contributed by atoms with Crippen LogP contribution in [0.5, 0.6) is 0 Å². The Kier molecular flexibility index (Phi) is 6.57. The summed E-state index contributed by atoms with van der Waals surface area (Å²) in [5, 5.41) is 15.7. The third kappa shape index (κ3) is 5.11. The molecule has 3 aromatic rings. The number of hydrogen-bond donors (Lipinski definition) is 4. The zero-order valence-corrected chi connectivity index (χ0v) is 18.5. The molecule has 0 aliphatic heterocycles. The number of nitrogens with two attached hydrogens (primary N) is 2. The summed E-state index contributed by atoms with van der Waals surface area (Å²) in [6.07, 6.45) is 0. The summed E-state index contributed by atoms with van der Waals surface area (Å²) in [7, 11) is -3.86. The van der Waals surface area contributed by atoms with E-state index in [9.17, 15) is 13.2 Å². The number of primary sulfonamides is 1. The van der Waals surface area contributed by atoms with E-state index < -0.39 is 10.0 Å². The van der Waals surface area contributed by atoms with Crippen molar-refractivity contribution in [2.24, 2.45) is 10.9 Å². The number of carbonyl (C=O) groups is 1. The number of anilines is 1. The van der Waals surface area contributed by atoms with Crippen molar-refractivity contribution in [3.63, 3.8) is 0 Å². The normalized spacial score (nSPS) is 12.1. The van der Waals surface area contributed by atoms with Crippen LogP contribution in [0, 0.1) is 5.41 Å². The maximum absolute atomic E-state index is 12.8. The first-order chi connectivity index (χ1) is 15.1. The smallest absolute Gasteiger partial charge is 0.251 e. The molecule has 32 heavy (non-hydrogen) atoms. The largest absolute Gasteiger partial charge is 0.384 e. The molecule has 0 bridgehead atoms. The van der Waals surface area contributed by atoms with Gasteiger partial charge in [-0.3, -0.25) is 10.2 Å². The molecule has 0 atom stereocenters. The fourth-order valence-corrected chi connectivity index (χ4v) is 3.98. The first-order valence-corrected chi connectivity index (χ1v) is 11.3. The van der Waals surface area contributed by atoms with Crippen molar-refractivity contribution in [1.29, 1.82) is 5.41 Å². The van der Waals surface area contributed by atoms with Gasteiger partial charge in [0.15, 0.2) is 0 Å². The first kappa shape index (κ1) is 22.9. The summed E-state index contributed by atoms with van der Waals surface area (Å²) in [6.45, 7) is 3.56. The minimum atomic E-state index is -3.86. The van der Waals surface area contributed by atoms with Crippen molar-refractivity contribution >= 4 is 33.0 Å². The second kappa shape index (κ2) is 9.17. The van der Waals surface area contributed by atoms with Gasteiger partial charge in [-0.15, -0.1) is 0 Å². The first-order valence-electron chi connectivity index (χ1n) is 9.74. The van der Waals surface area contributed by atoms with Crippen molar-refractivity contribution in [2.75, 3.05) is 5.32 Å². The highest BCUT2D eigenvalue weighted by atomic mass is 32.2. The fourth-order valence-electron chi connectivity index (χ4n) is 3.22. The molecule has 0 aliphatic rings. The van der Waals surface area contributed by atoms with Gasteiger partial charge in [-0.25, -0.2) is 13.6 Å². The third-order valence-electron chi connectivity index (χ3n) is 5.16. The van der Waals surface area contributed by atoms with Crippen molar-refractivity contribution in [2.45, 2.75) is 18.7 Å². The summed E-state index contributed by atoms with van der Waals surface area (Å²) in [6, 6.07) is 20.5. The van der Waals surface area contributed by atoms with E-state index in [0.29, 0.717) is 28.0 Å². The molecular formula is C24H24N4O3S. The highest BCUT2D eigenvalue weighted by molar-refractivity contribution is 7.89.